The Labute approximate surface area is 105 Å². The minimum absolute atomic E-state index is 0.239. The fourth-order valence-corrected chi connectivity index (χ4v) is 1.87. The van der Waals surface area contributed by atoms with E-state index in [1.54, 1.807) is 13.0 Å². The molecule has 3 nitrogen and oxygen atoms in total. The molecule has 1 aromatic rings. The molecular formula is C12H19F3N2O. The molecule has 2 N–H and O–H groups in total. The van der Waals surface area contributed by atoms with Gasteiger partial charge in [0.2, 0.25) is 0 Å². The highest BCUT2D eigenvalue weighted by atomic mass is 19.4. The first-order chi connectivity index (χ1) is 8.35. The molecule has 0 aliphatic rings. The van der Waals surface area contributed by atoms with Crippen LogP contribution in [-0.4, -0.2) is 24.2 Å². The minimum Gasteiger partial charge on any atom is -0.465 e. The number of nitrogens with zero attached hydrogens (tertiary/aromatic N) is 1. The van der Waals surface area contributed by atoms with E-state index in [0.717, 1.165) is 5.56 Å². The SMILES string of the molecule is CCCN(Cc1cc(CN)oc1C)CC(F)(F)F. The maximum atomic E-state index is 12.4. The van der Waals surface area contributed by atoms with Gasteiger partial charge in [0.1, 0.15) is 11.5 Å². The van der Waals surface area contributed by atoms with Crippen molar-refractivity contribution >= 4 is 0 Å². The second-order valence-corrected chi connectivity index (χ2v) is 4.32. The zero-order chi connectivity index (χ0) is 13.8. The van der Waals surface area contributed by atoms with Crippen LogP contribution in [-0.2, 0) is 13.1 Å². The molecule has 0 unspecified atom stereocenters. The standard InChI is InChI=1S/C12H19F3N2O/c1-3-4-17(8-12(13,14)15)7-10-5-11(6-16)18-9(10)2/h5H,3-4,6-8,16H2,1-2H3. The Morgan fingerprint density at radius 1 is 1.39 bits per heavy atom. The van der Waals surface area contributed by atoms with E-state index in [-0.39, 0.29) is 13.1 Å². The Balaban J connectivity index is 2.72. The maximum absolute atomic E-state index is 12.4. The maximum Gasteiger partial charge on any atom is 0.401 e. The smallest absolute Gasteiger partial charge is 0.401 e. The van der Waals surface area contributed by atoms with Crippen molar-refractivity contribution < 1.29 is 17.6 Å². The van der Waals surface area contributed by atoms with Crippen LogP contribution in [0.3, 0.4) is 0 Å². The van der Waals surface area contributed by atoms with Crippen molar-refractivity contribution in [3.05, 3.63) is 23.2 Å². The molecule has 18 heavy (non-hydrogen) atoms. The molecule has 0 amide bonds. The first kappa shape index (κ1) is 15.0. The van der Waals surface area contributed by atoms with Crippen LogP contribution < -0.4 is 5.73 Å². The van der Waals surface area contributed by atoms with Gasteiger partial charge >= 0.3 is 6.18 Å². The average Bonchev–Trinajstić information content (AvgIpc) is 2.58. The third kappa shape index (κ3) is 4.70. The van der Waals surface area contributed by atoms with Crippen LogP contribution in [0.2, 0.25) is 0 Å². The van der Waals surface area contributed by atoms with Crippen molar-refractivity contribution in [2.75, 3.05) is 13.1 Å². The molecule has 0 spiro atoms. The Morgan fingerprint density at radius 2 is 2.06 bits per heavy atom. The zero-order valence-corrected chi connectivity index (χ0v) is 10.7. The highest BCUT2D eigenvalue weighted by molar-refractivity contribution is 5.20. The molecule has 1 heterocycles. The van der Waals surface area contributed by atoms with Gasteiger partial charge in [0.15, 0.2) is 0 Å². The normalized spacial score (nSPS) is 12.4. The van der Waals surface area contributed by atoms with Crippen LogP contribution in [0.25, 0.3) is 0 Å². The van der Waals surface area contributed by atoms with E-state index < -0.39 is 12.7 Å². The van der Waals surface area contributed by atoms with Crippen molar-refractivity contribution in [2.24, 2.45) is 5.73 Å². The second kappa shape index (κ2) is 6.24. The predicted octanol–water partition coefficient (Wildman–Crippen LogP) is 2.82. The van der Waals surface area contributed by atoms with E-state index >= 15 is 0 Å². The molecule has 0 aliphatic carbocycles. The second-order valence-electron chi connectivity index (χ2n) is 4.32. The molecule has 0 saturated heterocycles. The van der Waals surface area contributed by atoms with Crippen molar-refractivity contribution in [1.82, 2.24) is 4.90 Å². The van der Waals surface area contributed by atoms with Crippen molar-refractivity contribution in [2.45, 2.75) is 39.5 Å². The van der Waals surface area contributed by atoms with Crippen LogP contribution in [0, 0.1) is 6.92 Å². The lowest BCUT2D eigenvalue weighted by Crippen LogP contribution is -2.34. The quantitative estimate of drug-likeness (QED) is 0.859. The third-order valence-corrected chi connectivity index (χ3v) is 2.61. The Morgan fingerprint density at radius 3 is 2.50 bits per heavy atom. The molecule has 0 saturated carbocycles. The lowest BCUT2D eigenvalue weighted by molar-refractivity contribution is -0.147. The summed E-state index contributed by atoms with van der Waals surface area (Å²) in [5, 5.41) is 0. The molecule has 0 radical (unpaired) electrons. The highest BCUT2D eigenvalue weighted by Gasteiger charge is 2.30. The van der Waals surface area contributed by atoms with Gasteiger partial charge in [0, 0.05) is 12.1 Å². The van der Waals surface area contributed by atoms with Crippen molar-refractivity contribution in [1.29, 1.82) is 0 Å². The summed E-state index contributed by atoms with van der Waals surface area (Å²) < 4.78 is 42.6. The van der Waals surface area contributed by atoms with Crippen molar-refractivity contribution in [3.63, 3.8) is 0 Å². The number of rotatable bonds is 6. The predicted molar refractivity (Wildman–Crippen MR) is 63.0 cm³/mol. The third-order valence-electron chi connectivity index (χ3n) is 2.61. The number of hydrogen-bond donors (Lipinski definition) is 1. The molecular weight excluding hydrogens is 245 g/mol. The van der Waals surface area contributed by atoms with Gasteiger partial charge in [0.05, 0.1) is 13.1 Å². The summed E-state index contributed by atoms with van der Waals surface area (Å²) in [5.41, 5.74) is 6.21. The number of halogens is 3. The summed E-state index contributed by atoms with van der Waals surface area (Å²) in [6, 6.07) is 1.73. The van der Waals surface area contributed by atoms with E-state index in [4.69, 9.17) is 10.2 Å². The van der Waals surface area contributed by atoms with Gasteiger partial charge in [-0.25, -0.2) is 0 Å². The number of hydrogen-bond acceptors (Lipinski definition) is 3. The van der Waals surface area contributed by atoms with Crippen LogP contribution >= 0.6 is 0 Å². The molecule has 0 aromatic carbocycles. The van der Waals surface area contributed by atoms with Crippen LogP contribution in [0.4, 0.5) is 13.2 Å². The van der Waals surface area contributed by atoms with E-state index in [1.807, 2.05) is 6.92 Å². The molecule has 1 aromatic heterocycles. The summed E-state index contributed by atoms with van der Waals surface area (Å²) in [7, 11) is 0. The van der Waals surface area contributed by atoms with Gasteiger partial charge in [0.25, 0.3) is 0 Å². The highest BCUT2D eigenvalue weighted by Crippen LogP contribution is 2.21. The summed E-state index contributed by atoms with van der Waals surface area (Å²) in [6.45, 7) is 3.60. The van der Waals surface area contributed by atoms with Gasteiger partial charge in [-0.1, -0.05) is 6.92 Å². The molecule has 0 fully saturated rings. The Hall–Kier alpha value is -1.01. The van der Waals surface area contributed by atoms with E-state index in [2.05, 4.69) is 0 Å². The molecule has 1 rings (SSSR count). The van der Waals surface area contributed by atoms with Gasteiger partial charge in [-0.05, 0) is 26.0 Å². The number of furan rings is 1. The molecule has 6 heteroatoms. The molecule has 0 atom stereocenters. The summed E-state index contributed by atoms with van der Waals surface area (Å²) in [6.07, 6.45) is -3.50. The lowest BCUT2D eigenvalue weighted by atomic mass is 10.2. The fourth-order valence-electron chi connectivity index (χ4n) is 1.87. The number of nitrogens with two attached hydrogens (primary N) is 1. The molecule has 104 valence electrons. The van der Waals surface area contributed by atoms with Crippen LogP contribution in [0.5, 0.6) is 0 Å². The zero-order valence-electron chi connectivity index (χ0n) is 10.7. The Kier molecular flexibility index (Phi) is 5.22. The fraction of sp³-hybridized carbons (Fsp3) is 0.667. The average molecular weight is 264 g/mol. The first-order valence-corrected chi connectivity index (χ1v) is 5.93. The monoisotopic (exact) mass is 264 g/mol. The summed E-state index contributed by atoms with van der Waals surface area (Å²) >= 11 is 0. The number of aryl methyl sites for hydroxylation is 1. The Bertz CT molecular complexity index is 374. The van der Waals surface area contributed by atoms with E-state index in [1.165, 1.54) is 4.90 Å². The topological polar surface area (TPSA) is 42.4 Å². The van der Waals surface area contributed by atoms with Gasteiger partial charge in [-0.3, -0.25) is 4.90 Å². The summed E-state index contributed by atoms with van der Waals surface area (Å²) in [4.78, 5) is 1.37. The van der Waals surface area contributed by atoms with Crippen LogP contribution in [0.15, 0.2) is 10.5 Å². The lowest BCUT2D eigenvalue weighted by Gasteiger charge is -2.22. The molecule has 0 aliphatic heterocycles. The van der Waals surface area contributed by atoms with E-state index in [9.17, 15) is 13.2 Å². The minimum atomic E-state index is -4.18. The van der Waals surface area contributed by atoms with Gasteiger partial charge in [-0.15, -0.1) is 0 Å². The largest absolute Gasteiger partial charge is 0.465 e. The van der Waals surface area contributed by atoms with Gasteiger partial charge < -0.3 is 10.2 Å². The van der Waals surface area contributed by atoms with E-state index in [0.29, 0.717) is 24.5 Å². The summed E-state index contributed by atoms with van der Waals surface area (Å²) in [5.74, 6) is 1.24. The molecule has 0 bridgehead atoms. The van der Waals surface area contributed by atoms with Crippen LogP contribution in [0.1, 0.15) is 30.4 Å². The number of alkyl halides is 3. The van der Waals surface area contributed by atoms with Crippen molar-refractivity contribution in [3.8, 4) is 0 Å². The van der Waals surface area contributed by atoms with Gasteiger partial charge in [-0.2, -0.15) is 13.2 Å². The first-order valence-electron chi connectivity index (χ1n) is 5.93.